The number of carbonyl (C=O) groups is 2. The molecule has 0 radical (unpaired) electrons. The highest BCUT2D eigenvalue weighted by molar-refractivity contribution is 5.99. The lowest BCUT2D eigenvalue weighted by Crippen LogP contribution is -2.54. The number of rotatable bonds is 9. The number of nitrogens with one attached hydrogen (secondary N) is 1. The maximum Gasteiger partial charge on any atom is 0.275 e. The third-order valence-corrected chi connectivity index (χ3v) is 9.29. The molecular weight excluding hydrogens is 544 g/mol. The number of piperazine rings is 1. The number of ether oxygens (including phenoxy) is 2. The van der Waals surface area contributed by atoms with Crippen LogP contribution in [0.25, 0.3) is 11.3 Å². The van der Waals surface area contributed by atoms with Crippen LogP contribution in [0.1, 0.15) is 77.4 Å². The van der Waals surface area contributed by atoms with Crippen LogP contribution in [0.5, 0.6) is 5.75 Å². The molecule has 43 heavy (non-hydrogen) atoms. The first-order chi connectivity index (χ1) is 21.0. The molecule has 2 fully saturated rings. The molecule has 0 spiro atoms. The molecule has 2 aromatic carbocycles. The number of nitrogens with zero attached hydrogens (tertiary/aromatic N) is 3. The summed E-state index contributed by atoms with van der Waals surface area (Å²) < 4.78 is 13.6. The summed E-state index contributed by atoms with van der Waals surface area (Å²) in [5, 5.41) is 15.1. The zero-order valence-electron chi connectivity index (χ0n) is 25.0. The van der Waals surface area contributed by atoms with Crippen molar-refractivity contribution in [3.8, 4) is 17.0 Å². The van der Waals surface area contributed by atoms with E-state index in [0.717, 1.165) is 60.2 Å². The number of Topliss-reactive ketones (excluding diaryl/α,β-unsaturated/α-hetero) is 1. The monoisotopic (exact) mass is 586 g/mol. The average Bonchev–Trinajstić information content (AvgIpc) is 3.46. The van der Waals surface area contributed by atoms with Crippen LogP contribution >= 0.6 is 0 Å². The summed E-state index contributed by atoms with van der Waals surface area (Å²) in [5.74, 6) is 0.859. The minimum absolute atomic E-state index is 0.0608. The molecule has 2 heterocycles. The van der Waals surface area contributed by atoms with Crippen LogP contribution in [-0.2, 0) is 11.2 Å². The van der Waals surface area contributed by atoms with E-state index < -0.39 is 5.60 Å². The summed E-state index contributed by atoms with van der Waals surface area (Å²) in [6.07, 6.45) is 8.14. The molecule has 2 aliphatic carbocycles. The van der Waals surface area contributed by atoms with Gasteiger partial charge >= 0.3 is 0 Å². The fourth-order valence-corrected chi connectivity index (χ4v) is 7.10. The highest BCUT2D eigenvalue weighted by atomic mass is 16.5. The van der Waals surface area contributed by atoms with E-state index in [0.29, 0.717) is 51.2 Å². The Morgan fingerprint density at radius 1 is 1.14 bits per heavy atom. The van der Waals surface area contributed by atoms with Gasteiger partial charge in [-0.3, -0.25) is 9.59 Å². The molecule has 6 rings (SSSR count). The van der Waals surface area contributed by atoms with Crippen molar-refractivity contribution < 1.29 is 24.2 Å². The summed E-state index contributed by atoms with van der Waals surface area (Å²) in [4.78, 5) is 33.1. The van der Waals surface area contributed by atoms with Crippen LogP contribution in [0.2, 0.25) is 0 Å². The molecule has 1 saturated carbocycles. The van der Waals surface area contributed by atoms with Gasteiger partial charge < -0.3 is 29.4 Å². The van der Waals surface area contributed by atoms with E-state index in [1.54, 1.807) is 13.4 Å². The Balaban J connectivity index is 1.23. The van der Waals surface area contributed by atoms with E-state index in [4.69, 9.17) is 14.5 Å². The lowest BCUT2D eigenvalue weighted by Gasteiger charge is -2.41. The van der Waals surface area contributed by atoms with Gasteiger partial charge in [0.25, 0.3) is 5.91 Å². The van der Waals surface area contributed by atoms with Crippen molar-refractivity contribution in [1.82, 2.24) is 19.8 Å². The average molecular weight is 587 g/mol. The third kappa shape index (κ3) is 6.12. The van der Waals surface area contributed by atoms with Gasteiger partial charge in [0.15, 0.2) is 11.5 Å². The summed E-state index contributed by atoms with van der Waals surface area (Å²) in [5.41, 5.74) is 2.89. The first-order valence-corrected chi connectivity index (χ1v) is 15.6. The predicted molar refractivity (Wildman–Crippen MR) is 164 cm³/mol. The summed E-state index contributed by atoms with van der Waals surface area (Å²) in [7, 11) is 1.62. The SMILES string of the molecule is COC[C@]1(O)CCCC[C@H]1n1cnc(C(=O)N2CCNC[C@H]2CCOc2ccc3c(c2)CCCC3=O)c1-c1ccccc1. The predicted octanol–water partition coefficient (Wildman–Crippen LogP) is 4.44. The fourth-order valence-electron chi connectivity index (χ4n) is 7.10. The Hall–Kier alpha value is -3.53. The number of carbonyl (C=O) groups excluding carboxylic acids is 2. The number of benzene rings is 2. The number of fused-ring (bicyclic) bond motifs is 1. The second-order valence-electron chi connectivity index (χ2n) is 12.1. The maximum absolute atomic E-state index is 14.3. The van der Waals surface area contributed by atoms with Crippen LogP contribution in [0, 0.1) is 0 Å². The normalized spacial score (nSPS) is 24.0. The van der Waals surface area contributed by atoms with Crippen LogP contribution in [0.15, 0.2) is 54.9 Å². The molecule has 1 amide bonds. The molecule has 3 aliphatic rings. The molecule has 1 aromatic heterocycles. The largest absolute Gasteiger partial charge is 0.494 e. The van der Waals surface area contributed by atoms with Crippen LogP contribution in [0.4, 0.5) is 0 Å². The van der Waals surface area contributed by atoms with Crippen molar-refractivity contribution in [2.45, 2.75) is 69.1 Å². The summed E-state index contributed by atoms with van der Waals surface area (Å²) >= 11 is 0. The van der Waals surface area contributed by atoms with E-state index in [1.807, 2.05) is 58.0 Å². The summed E-state index contributed by atoms with van der Waals surface area (Å²) in [6.45, 7) is 2.64. The van der Waals surface area contributed by atoms with E-state index in [-0.39, 0.29) is 30.4 Å². The lowest BCUT2D eigenvalue weighted by molar-refractivity contribution is -0.0893. The molecular formula is C34H42N4O5. The van der Waals surface area contributed by atoms with Crippen molar-refractivity contribution in [3.05, 3.63) is 71.7 Å². The van der Waals surface area contributed by atoms with E-state index in [2.05, 4.69) is 5.32 Å². The Morgan fingerprint density at radius 2 is 2.00 bits per heavy atom. The van der Waals surface area contributed by atoms with Gasteiger partial charge in [0.2, 0.25) is 0 Å². The van der Waals surface area contributed by atoms with E-state index in [9.17, 15) is 14.7 Å². The van der Waals surface area contributed by atoms with Gasteiger partial charge in [-0.15, -0.1) is 0 Å². The molecule has 1 saturated heterocycles. The Labute approximate surface area is 253 Å². The first kappa shape index (κ1) is 29.5. The highest BCUT2D eigenvalue weighted by Crippen LogP contribution is 2.41. The molecule has 3 aromatic rings. The number of aliphatic hydroxyl groups is 1. The van der Waals surface area contributed by atoms with Crippen molar-refractivity contribution >= 4 is 11.7 Å². The summed E-state index contributed by atoms with van der Waals surface area (Å²) in [6, 6.07) is 15.3. The minimum Gasteiger partial charge on any atom is -0.494 e. The second kappa shape index (κ2) is 13.0. The van der Waals surface area contributed by atoms with Gasteiger partial charge in [-0.05, 0) is 49.4 Å². The van der Waals surface area contributed by atoms with Crippen molar-refractivity contribution in [3.63, 3.8) is 0 Å². The van der Waals surface area contributed by atoms with Crippen molar-refractivity contribution in [1.29, 1.82) is 0 Å². The Bertz CT molecular complexity index is 1440. The Kier molecular flexibility index (Phi) is 8.93. The molecule has 3 atom stereocenters. The molecule has 1 aliphatic heterocycles. The Morgan fingerprint density at radius 3 is 2.84 bits per heavy atom. The molecule has 9 nitrogen and oxygen atoms in total. The number of aryl methyl sites for hydroxylation is 1. The standard InChI is InChI=1S/C34H42N4O5/c1-42-22-34(41)16-6-5-12-30(34)38-23-36-31(32(38)24-8-3-2-4-9-24)33(40)37-18-17-35-21-26(37)15-19-43-27-13-14-28-25(20-27)10-7-11-29(28)39/h2-4,8-9,13-14,20,23,26,30,35,41H,5-7,10-12,15-19,21-22H2,1H3/t26-,30-,34-/m1/s1. The third-order valence-electron chi connectivity index (χ3n) is 9.29. The van der Waals surface area contributed by atoms with Gasteiger partial charge in [-0.25, -0.2) is 4.98 Å². The van der Waals surface area contributed by atoms with Crippen molar-refractivity contribution in [2.75, 3.05) is 40.0 Å². The quantitative estimate of drug-likeness (QED) is 0.382. The number of methoxy groups -OCH3 is 1. The van der Waals surface area contributed by atoms with Crippen LogP contribution in [0.3, 0.4) is 0 Å². The molecule has 0 bridgehead atoms. The number of hydrogen-bond donors (Lipinski definition) is 2. The number of hydrogen-bond acceptors (Lipinski definition) is 7. The fraction of sp³-hybridized carbons (Fsp3) is 0.500. The van der Waals surface area contributed by atoms with Gasteiger partial charge in [-0.2, -0.15) is 0 Å². The van der Waals surface area contributed by atoms with Crippen LogP contribution < -0.4 is 10.1 Å². The first-order valence-electron chi connectivity index (χ1n) is 15.6. The van der Waals surface area contributed by atoms with Gasteiger partial charge in [-0.1, -0.05) is 43.2 Å². The van der Waals surface area contributed by atoms with Crippen molar-refractivity contribution in [2.24, 2.45) is 0 Å². The molecule has 9 heteroatoms. The van der Waals surface area contributed by atoms with Crippen LogP contribution in [-0.4, -0.2) is 82.8 Å². The zero-order chi connectivity index (χ0) is 29.8. The highest BCUT2D eigenvalue weighted by Gasteiger charge is 2.42. The number of ketones is 1. The van der Waals surface area contributed by atoms with Gasteiger partial charge in [0, 0.05) is 56.8 Å². The van der Waals surface area contributed by atoms with Gasteiger partial charge in [0.05, 0.1) is 31.3 Å². The molecule has 228 valence electrons. The molecule has 2 N–H and O–H groups in total. The lowest BCUT2D eigenvalue weighted by atomic mass is 9.80. The second-order valence-corrected chi connectivity index (χ2v) is 12.1. The number of amides is 1. The van der Waals surface area contributed by atoms with Gasteiger partial charge in [0.1, 0.15) is 11.4 Å². The smallest absolute Gasteiger partial charge is 0.275 e. The van der Waals surface area contributed by atoms with E-state index >= 15 is 0 Å². The van der Waals surface area contributed by atoms with E-state index in [1.165, 1.54) is 0 Å². The maximum atomic E-state index is 14.3. The topological polar surface area (TPSA) is 106 Å². The zero-order valence-corrected chi connectivity index (χ0v) is 25.0. The number of imidazole rings is 1. The molecule has 0 unspecified atom stereocenters. The number of aromatic nitrogens is 2. The minimum atomic E-state index is -1.03.